The van der Waals surface area contributed by atoms with E-state index < -0.39 is 11.1 Å². The summed E-state index contributed by atoms with van der Waals surface area (Å²) in [5, 5.41) is 15.6. The number of nitrogens with zero attached hydrogens (tertiary/aromatic N) is 1. The molecule has 4 nitrogen and oxygen atoms in total. The van der Waals surface area contributed by atoms with Gasteiger partial charge in [0.1, 0.15) is 5.60 Å². The second kappa shape index (κ2) is 3.32. The molecule has 3 aliphatic heterocycles. The third-order valence-corrected chi connectivity index (χ3v) is 8.93. The van der Waals surface area contributed by atoms with Crippen molar-refractivity contribution in [1.29, 1.82) is 0 Å². The molecular weight excluding hydrogens is 300 g/mol. The Morgan fingerprint density at radius 2 is 2.08 bits per heavy atom. The molecule has 0 radical (unpaired) electrons. The summed E-state index contributed by atoms with van der Waals surface area (Å²) < 4.78 is 0. The van der Waals surface area contributed by atoms with E-state index in [1.807, 2.05) is 0 Å². The van der Waals surface area contributed by atoms with Crippen LogP contribution in [0.2, 0.25) is 0 Å². The van der Waals surface area contributed by atoms with Crippen molar-refractivity contribution in [3.8, 4) is 0 Å². The molecular formula is C20H22N2O2. The van der Waals surface area contributed by atoms with Crippen LogP contribution in [0.5, 0.6) is 0 Å². The number of aliphatic hydroxyl groups is 1. The first-order valence-electron chi connectivity index (χ1n) is 9.48. The van der Waals surface area contributed by atoms with Crippen molar-refractivity contribution in [2.75, 3.05) is 18.4 Å². The highest BCUT2D eigenvalue weighted by Gasteiger charge is 2.91. The van der Waals surface area contributed by atoms with E-state index in [-0.39, 0.29) is 22.5 Å². The maximum Gasteiger partial charge on any atom is 0.172 e. The molecule has 124 valence electrons. The van der Waals surface area contributed by atoms with Crippen LogP contribution in [-0.2, 0) is 10.2 Å². The summed E-state index contributed by atoms with van der Waals surface area (Å²) in [7, 11) is 0. The number of hydrogen-bond acceptors (Lipinski definition) is 4. The standard InChI is InChI=1S/C20H22N2O2/c23-15-13-10-22-9-3-6-17-7-8-19(18(15,24)11-17)20(13,16(17)22)12-4-1-2-5-14(12)21-19/h1-2,4-5,13,16,21,24H,3,6-11H2/t13-,16+,17-,18+,19-,20+/m1/s1. The van der Waals surface area contributed by atoms with Crippen LogP contribution in [0.1, 0.15) is 37.7 Å². The Kier molecular flexibility index (Phi) is 1.78. The number of piperidine rings is 1. The average molecular weight is 322 g/mol. The highest BCUT2D eigenvalue weighted by atomic mass is 16.3. The first-order valence-corrected chi connectivity index (χ1v) is 9.48. The van der Waals surface area contributed by atoms with Crippen LogP contribution in [0.3, 0.4) is 0 Å². The molecule has 0 aromatic heterocycles. The van der Waals surface area contributed by atoms with Crippen LogP contribution in [0.25, 0.3) is 0 Å². The third-order valence-electron chi connectivity index (χ3n) is 8.93. The Balaban J connectivity index is 1.66. The lowest BCUT2D eigenvalue weighted by Gasteiger charge is -2.68. The van der Waals surface area contributed by atoms with Crippen LogP contribution in [0, 0.1) is 11.3 Å². The van der Waals surface area contributed by atoms with Gasteiger partial charge in [-0.1, -0.05) is 18.2 Å². The molecule has 2 N–H and O–H groups in total. The van der Waals surface area contributed by atoms with Gasteiger partial charge in [0.05, 0.1) is 11.0 Å². The molecule has 8 rings (SSSR count). The fourth-order valence-corrected chi connectivity index (χ4v) is 8.63. The highest BCUT2D eigenvalue weighted by Crippen LogP contribution is 2.80. The molecule has 4 heteroatoms. The summed E-state index contributed by atoms with van der Waals surface area (Å²) in [6, 6.07) is 9.00. The number of fused-ring (bicyclic) bond motifs is 2. The Labute approximate surface area is 141 Å². The molecule has 2 saturated heterocycles. The summed E-state index contributed by atoms with van der Waals surface area (Å²) in [5.41, 5.74) is 0.774. The smallest absolute Gasteiger partial charge is 0.172 e. The summed E-state index contributed by atoms with van der Waals surface area (Å²) in [4.78, 5) is 16.1. The summed E-state index contributed by atoms with van der Waals surface area (Å²) >= 11 is 0. The van der Waals surface area contributed by atoms with Crippen molar-refractivity contribution in [1.82, 2.24) is 4.90 Å². The molecule has 1 aromatic carbocycles. The second-order valence-electron chi connectivity index (χ2n) is 9.26. The van der Waals surface area contributed by atoms with Gasteiger partial charge in [0.15, 0.2) is 5.78 Å². The molecule has 0 unspecified atom stereocenters. The Hall–Kier alpha value is -1.39. The van der Waals surface area contributed by atoms with E-state index in [1.165, 1.54) is 24.1 Å². The van der Waals surface area contributed by atoms with E-state index in [0.717, 1.165) is 25.9 Å². The van der Waals surface area contributed by atoms with Crippen molar-refractivity contribution >= 4 is 11.5 Å². The van der Waals surface area contributed by atoms with Crippen LogP contribution in [0.15, 0.2) is 24.3 Å². The number of nitrogens with one attached hydrogen (secondary N) is 1. The minimum absolute atomic E-state index is 0.0380. The largest absolute Gasteiger partial charge is 0.380 e. The molecule has 4 saturated carbocycles. The van der Waals surface area contributed by atoms with Crippen molar-refractivity contribution < 1.29 is 9.90 Å². The normalized spacial score (nSPS) is 55.5. The predicted octanol–water partition coefficient (Wildman–Crippen LogP) is 1.68. The van der Waals surface area contributed by atoms with Gasteiger partial charge in [0.2, 0.25) is 0 Å². The number of benzene rings is 1. The molecule has 4 bridgehead atoms. The SMILES string of the molecule is O=C1[C@H]2CN3CCC[C@]45CC[C@@]6(Nc7ccccc7[C@@]26[C@@H]34)[C@]1(O)C5. The van der Waals surface area contributed by atoms with Crippen LogP contribution in [-0.4, -0.2) is 46.1 Å². The summed E-state index contributed by atoms with van der Waals surface area (Å²) in [5.74, 6) is 0.101. The minimum atomic E-state index is -1.17. The monoisotopic (exact) mass is 322 g/mol. The molecule has 3 heterocycles. The summed E-state index contributed by atoms with van der Waals surface area (Å²) in [6.45, 7) is 1.97. The zero-order valence-electron chi connectivity index (χ0n) is 13.7. The number of carbonyl (C=O) groups excluding carboxylic acids is 1. The topological polar surface area (TPSA) is 52.6 Å². The van der Waals surface area contributed by atoms with E-state index >= 15 is 0 Å². The minimum Gasteiger partial charge on any atom is -0.380 e. The van der Waals surface area contributed by atoms with Gasteiger partial charge in [-0.2, -0.15) is 0 Å². The number of rotatable bonds is 0. The Morgan fingerprint density at radius 3 is 3.00 bits per heavy atom. The molecule has 6 fully saturated rings. The van der Waals surface area contributed by atoms with Crippen LogP contribution >= 0.6 is 0 Å². The third kappa shape index (κ3) is 0.885. The van der Waals surface area contributed by atoms with E-state index in [9.17, 15) is 9.90 Å². The first-order chi connectivity index (χ1) is 11.6. The lowest BCUT2D eigenvalue weighted by molar-refractivity contribution is -0.189. The number of anilines is 1. The fourth-order valence-electron chi connectivity index (χ4n) is 8.63. The predicted molar refractivity (Wildman–Crippen MR) is 88.8 cm³/mol. The highest BCUT2D eigenvalue weighted by molar-refractivity contribution is 6.02. The zero-order chi connectivity index (χ0) is 15.9. The van der Waals surface area contributed by atoms with Gasteiger partial charge in [-0.25, -0.2) is 0 Å². The zero-order valence-corrected chi connectivity index (χ0v) is 13.7. The van der Waals surface area contributed by atoms with Gasteiger partial charge < -0.3 is 10.4 Å². The molecule has 24 heavy (non-hydrogen) atoms. The van der Waals surface area contributed by atoms with Gasteiger partial charge in [0.25, 0.3) is 0 Å². The maximum atomic E-state index is 13.5. The molecule has 1 aromatic rings. The van der Waals surface area contributed by atoms with Gasteiger partial charge in [-0.3, -0.25) is 9.69 Å². The number of hydrogen-bond donors (Lipinski definition) is 2. The van der Waals surface area contributed by atoms with E-state index in [2.05, 4.69) is 34.5 Å². The second-order valence-corrected chi connectivity index (χ2v) is 9.26. The van der Waals surface area contributed by atoms with Gasteiger partial charge in [-0.05, 0) is 55.7 Å². The van der Waals surface area contributed by atoms with E-state index in [4.69, 9.17) is 0 Å². The van der Waals surface area contributed by atoms with E-state index in [0.29, 0.717) is 12.5 Å². The van der Waals surface area contributed by atoms with Crippen molar-refractivity contribution in [3.05, 3.63) is 29.8 Å². The fraction of sp³-hybridized carbons (Fsp3) is 0.650. The maximum absolute atomic E-state index is 13.5. The molecule has 0 amide bonds. The molecule has 4 aliphatic carbocycles. The van der Waals surface area contributed by atoms with Crippen LogP contribution in [0.4, 0.5) is 5.69 Å². The quantitative estimate of drug-likeness (QED) is 0.763. The number of para-hydroxylation sites is 1. The number of carbonyl (C=O) groups is 1. The summed E-state index contributed by atoms with van der Waals surface area (Å²) in [6.07, 6.45) is 5.16. The molecule has 6 atom stereocenters. The van der Waals surface area contributed by atoms with Gasteiger partial charge in [-0.15, -0.1) is 0 Å². The number of ketones is 1. The average Bonchev–Trinajstić information content (AvgIpc) is 3.13. The molecule has 7 aliphatic rings. The van der Waals surface area contributed by atoms with Crippen molar-refractivity contribution in [2.24, 2.45) is 11.3 Å². The van der Waals surface area contributed by atoms with Crippen molar-refractivity contribution in [3.63, 3.8) is 0 Å². The number of Topliss-reactive ketones (excluding diaryl/α,β-unsaturated/α-hetero) is 1. The van der Waals surface area contributed by atoms with Crippen molar-refractivity contribution in [2.45, 2.75) is 54.7 Å². The van der Waals surface area contributed by atoms with Crippen LogP contribution < -0.4 is 5.32 Å². The lowest BCUT2D eigenvalue weighted by atomic mass is 9.40. The Morgan fingerprint density at radius 1 is 1.21 bits per heavy atom. The molecule has 3 spiro atoms. The van der Waals surface area contributed by atoms with Gasteiger partial charge >= 0.3 is 0 Å². The first kappa shape index (κ1) is 12.9. The Bertz CT molecular complexity index is 839. The van der Waals surface area contributed by atoms with E-state index in [1.54, 1.807) is 0 Å². The lowest BCUT2D eigenvalue weighted by Crippen LogP contribution is -2.80. The van der Waals surface area contributed by atoms with Gasteiger partial charge in [0, 0.05) is 24.2 Å².